The van der Waals surface area contributed by atoms with Gasteiger partial charge in [-0.3, -0.25) is 9.69 Å². The molecular formula is C25H34N2O3. The summed E-state index contributed by atoms with van der Waals surface area (Å²) in [5.41, 5.74) is 3.71. The van der Waals surface area contributed by atoms with Gasteiger partial charge in [-0.15, -0.1) is 0 Å². The highest BCUT2D eigenvalue weighted by Gasteiger charge is 2.21. The van der Waals surface area contributed by atoms with E-state index in [-0.39, 0.29) is 5.91 Å². The van der Waals surface area contributed by atoms with Crippen LogP contribution in [0.2, 0.25) is 0 Å². The summed E-state index contributed by atoms with van der Waals surface area (Å²) >= 11 is 0. The SMILES string of the molecule is COc1ccc(CNC(=O)CC[C@H]2CCCN(Cc3ccccc3C)C2)c(OC)c1. The van der Waals surface area contributed by atoms with Crippen molar-refractivity contribution >= 4 is 5.91 Å². The van der Waals surface area contributed by atoms with Crippen molar-refractivity contribution in [1.29, 1.82) is 0 Å². The van der Waals surface area contributed by atoms with Gasteiger partial charge in [0.25, 0.3) is 0 Å². The summed E-state index contributed by atoms with van der Waals surface area (Å²) in [5, 5.41) is 3.04. The molecule has 162 valence electrons. The highest BCUT2D eigenvalue weighted by atomic mass is 16.5. The first-order valence-electron chi connectivity index (χ1n) is 10.8. The summed E-state index contributed by atoms with van der Waals surface area (Å²) < 4.78 is 10.6. The Morgan fingerprint density at radius 1 is 1.13 bits per heavy atom. The molecule has 1 amide bonds. The van der Waals surface area contributed by atoms with Crippen LogP contribution in [0, 0.1) is 12.8 Å². The number of piperidine rings is 1. The van der Waals surface area contributed by atoms with Crippen molar-refractivity contribution in [3.63, 3.8) is 0 Å². The van der Waals surface area contributed by atoms with Crippen LogP contribution in [0.1, 0.15) is 42.4 Å². The molecule has 0 unspecified atom stereocenters. The molecule has 1 aliphatic heterocycles. The molecule has 3 rings (SSSR count). The van der Waals surface area contributed by atoms with Crippen LogP contribution in [0.4, 0.5) is 0 Å². The molecule has 0 spiro atoms. The van der Waals surface area contributed by atoms with Crippen LogP contribution < -0.4 is 14.8 Å². The molecule has 1 aliphatic rings. The quantitative estimate of drug-likeness (QED) is 0.669. The van der Waals surface area contributed by atoms with Crippen molar-refractivity contribution in [2.75, 3.05) is 27.3 Å². The van der Waals surface area contributed by atoms with E-state index >= 15 is 0 Å². The highest BCUT2D eigenvalue weighted by molar-refractivity contribution is 5.75. The second kappa shape index (κ2) is 11.0. The average molecular weight is 411 g/mol. The Balaban J connectivity index is 1.44. The molecule has 5 heteroatoms. The van der Waals surface area contributed by atoms with E-state index in [0.29, 0.717) is 18.9 Å². The first kappa shape index (κ1) is 22.2. The van der Waals surface area contributed by atoms with Gasteiger partial charge in [-0.1, -0.05) is 24.3 Å². The fourth-order valence-corrected chi connectivity index (χ4v) is 4.17. The van der Waals surface area contributed by atoms with Crippen molar-refractivity contribution in [1.82, 2.24) is 10.2 Å². The summed E-state index contributed by atoms with van der Waals surface area (Å²) in [5.74, 6) is 2.16. The summed E-state index contributed by atoms with van der Waals surface area (Å²) in [6.45, 7) is 5.88. The van der Waals surface area contributed by atoms with Gasteiger partial charge >= 0.3 is 0 Å². The van der Waals surface area contributed by atoms with Gasteiger partial charge in [0.2, 0.25) is 5.91 Å². The van der Waals surface area contributed by atoms with Crippen LogP contribution in [-0.4, -0.2) is 38.1 Å². The number of ether oxygens (including phenoxy) is 2. The molecule has 0 aromatic heterocycles. The minimum absolute atomic E-state index is 0.101. The fraction of sp³-hybridized carbons (Fsp3) is 0.480. The number of hydrogen-bond acceptors (Lipinski definition) is 4. The van der Waals surface area contributed by atoms with Crippen molar-refractivity contribution in [2.24, 2.45) is 5.92 Å². The van der Waals surface area contributed by atoms with Crippen LogP contribution in [0.3, 0.4) is 0 Å². The lowest BCUT2D eigenvalue weighted by Crippen LogP contribution is -2.35. The summed E-state index contributed by atoms with van der Waals surface area (Å²) in [4.78, 5) is 14.9. The van der Waals surface area contributed by atoms with E-state index in [9.17, 15) is 4.79 Å². The zero-order chi connectivity index (χ0) is 21.3. The molecule has 0 aliphatic carbocycles. The molecule has 0 saturated carbocycles. The fourth-order valence-electron chi connectivity index (χ4n) is 4.17. The topological polar surface area (TPSA) is 50.8 Å². The van der Waals surface area contributed by atoms with Crippen LogP contribution in [0.5, 0.6) is 11.5 Å². The number of methoxy groups -OCH3 is 2. The summed E-state index contributed by atoms with van der Waals surface area (Å²) in [6, 6.07) is 14.3. The number of aryl methyl sites for hydroxylation is 1. The molecule has 0 radical (unpaired) electrons. The Hall–Kier alpha value is -2.53. The Kier molecular flexibility index (Phi) is 8.14. The first-order valence-corrected chi connectivity index (χ1v) is 10.8. The number of likely N-dealkylation sites (tertiary alicyclic amines) is 1. The van der Waals surface area contributed by atoms with Gasteiger partial charge in [-0.2, -0.15) is 0 Å². The van der Waals surface area contributed by atoms with Crippen LogP contribution in [0.15, 0.2) is 42.5 Å². The highest BCUT2D eigenvalue weighted by Crippen LogP contribution is 2.25. The third-order valence-corrected chi connectivity index (χ3v) is 6.01. The number of hydrogen-bond donors (Lipinski definition) is 1. The van der Waals surface area contributed by atoms with Gasteiger partial charge in [-0.05, 0) is 61.9 Å². The van der Waals surface area contributed by atoms with E-state index in [1.165, 1.54) is 24.0 Å². The van der Waals surface area contributed by atoms with Crippen molar-refractivity contribution < 1.29 is 14.3 Å². The summed E-state index contributed by atoms with van der Waals surface area (Å²) in [7, 11) is 3.26. The molecule has 1 atom stereocenters. The van der Waals surface area contributed by atoms with Crippen molar-refractivity contribution in [2.45, 2.75) is 45.7 Å². The lowest BCUT2D eigenvalue weighted by molar-refractivity contribution is -0.121. The van der Waals surface area contributed by atoms with E-state index in [4.69, 9.17) is 9.47 Å². The Morgan fingerprint density at radius 3 is 2.73 bits per heavy atom. The molecule has 2 aromatic carbocycles. The molecule has 30 heavy (non-hydrogen) atoms. The molecule has 1 fully saturated rings. The zero-order valence-electron chi connectivity index (χ0n) is 18.4. The maximum absolute atomic E-state index is 12.4. The van der Waals surface area contributed by atoms with Gasteiger partial charge < -0.3 is 14.8 Å². The molecule has 5 nitrogen and oxygen atoms in total. The normalized spacial score (nSPS) is 16.8. The lowest BCUT2D eigenvalue weighted by atomic mass is 9.92. The molecule has 0 bridgehead atoms. The van der Waals surface area contributed by atoms with E-state index < -0.39 is 0 Å². The largest absolute Gasteiger partial charge is 0.497 e. The van der Waals surface area contributed by atoms with E-state index in [2.05, 4.69) is 41.4 Å². The molecule has 1 heterocycles. The number of nitrogens with one attached hydrogen (secondary N) is 1. The van der Waals surface area contributed by atoms with Crippen LogP contribution >= 0.6 is 0 Å². The van der Waals surface area contributed by atoms with E-state index in [1.807, 2.05) is 18.2 Å². The minimum atomic E-state index is 0.101. The molecule has 2 aromatic rings. The molecule has 1 N–H and O–H groups in total. The summed E-state index contributed by atoms with van der Waals surface area (Å²) in [6.07, 6.45) is 3.93. The van der Waals surface area contributed by atoms with E-state index in [0.717, 1.165) is 43.1 Å². The maximum Gasteiger partial charge on any atom is 0.220 e. The smallest absolute Gasteiger partial charge is 0.220 e. The van der Waals surface area contributed by atoms with Gasteiger partial charge in [-0.25, -0.2) is 0 Å². The number of amides is 1. The van der Waals surface area contributed by atoms with Crippen LogP contribution in [0.25, 0.3) is 0 Å². The Labute approximate surface area is 180 Å². The molecular weight excluding hydrogens is 376 g/mol. The van der Waals surface area contributed by atoms with Gasteiger partial charge in [0, 0.05) is 37.7 Å². The predicted molar refractivity (Wildman–Crippen MR) is 120 cm³/mol. The van der Waals surface area contributed by atoms with Gasteiger partial charge in [0.15, 0.2) is 0 Å². The Bertz CT molecular complexity index is 837. The number of carbonyl (C=O) groups excluding carboxylic acids is 1. The number of nitrogens with zero attached hydrogens (tertiary/aromatic N) is 1. The second-order valence-electron chi connectivity index (χ2n) is 8.16. The second-order valence-corrected chi connectivity index (χ2v) is 8.16. The lowest BCUT2D eigenvalue weighted by Gasteiger charge is -2.33. The number of carbonyl (C=O) groups is 1. The third kappa shape index (κ3) is 6.23. The predicted octanol–water partition coefficient (Wildman–Crippen LogP) is 4.32. The standard InChI is InChI=1S/C25H34N2O3/c1-19-7-4-5-9-22(19)18-27-14-6-8-20(17-27)10-13-25(28)26-16-21-11-12-23(29-2)15-24(21)30-3/h4-5,7,9,11-12,15,20H,6,8,10,13-14,16-18H2,1-3H3,(H,26,28)/t20-/m1/s1. The average Bonchev–Trinajstić information content (AvgIpc) is 2.78. The minimum Gasteiger partial charge on any atom is -0.497 e. The molecule has 1 saturated heterocycles. The number of rotatable bonds is 9. The van der Waals surface area contributed by atoms with Gasteiger partial charge in [0.05, 0.1) is 14.2 Å². The van der Waals surface area contributed by atoms with Gasteiger partial charge in [0.1, 0.15) is 11.5 Å². The Morgan fingerprint density at radius 2 is 1.97 bits per heavy atom. The number of benzene rings is 2. The maximum atomic E-state index is 12.4. The van der Waals surface area contributed by atoms with E-state index in [1.54, 1.807) is 14.2 Å². The van der Waals surface area contributed by atoms with Crippen molar-refractivity contribution in [3.05, 3.63) is 59.2 Å². The third-order valence-electron chi connectivity index (χ3n) is 6.01. The first-order chi connectivity index (χ1) is 14.6. The monoisotopic (exact) mass is 410 g/mol. The zero-order valence-corrected chi connectivity index (χ0v) is 18.4. The van der Waals surface area contributed by atoms with Crippen molar-refractivity contribution in [3.8, 4) is 11.5 Å². The van der Waals surface area contributed by atoms with Crippen LogP contribution in [-0.2, 0) is 17.9 Å².